The van der Waals surface area contributed by atoms with E-state index >= 15 is 0 Å². The molecule has 0 aromatic heterocycles. The standard InChI is InChI=1S/C18H18N2O7S/c1-10(21)26-7-11-9-28-17-14(16(23)20(17)15(11)18(24)25)19-13(22)8-27-12-5-3-2-4-6-12/h2-6,14,17H,7-9H2,1H3,(H,19,22)(H,24,25)/p-1/t14-,17-/m1/s1. The molecule has 2 aliphatic heterocycles. The SMILES string of the molecule is CC(=O)OCC1=C(C(=O)[O-])N2C(=O)[C@@H](NC(=O)COc3ccccc3)[C@H]2SC1. The van der Waals surface area contributed by atoms with Crippen molar-refractivity contribution in [3.63, 3.8) is 0 Å². The predicted octanol–water partition coefficient (Wildman–Crippen LogP) is -0.968. The monoisotopic (exact) mass is 405 g/mol. The zero-order chi connectivity index (χ0) is 20.3. The van der Waals surface area contributed by atoms with Crippen LogP contribution in [0.5, 0.6) is 5.75 Å². The van der Waals surface area contributed by atoms with Crippen molar-refractivity contribution in [3.05, 3.63) is 41.6 Å². The summed E-state index contributed by atoms with van der Waals surface area (Å²) < 4.78 is 10.2. The summed E-state index contributed by atoms with van der Waals surface area (Å²) in [6.07, 6.45) is 0. The Hall–Kier alpha value is -3.01. The van der Waals surface area contributed by atoms with Gasteiger partial charge < -0.3 is 24.7 Å². The number of β-lactam (4-membered cyclic amide) rings is 1. The van der Waals surface area contributed by atoms with Crippen molar-refractivity contribution in [1.29, 1.82) is 0 Å². The van der Waals surface area contributed by atoms with Crippen LogP contribution in [-0.2, 0) is 23.9 Å². The van der Waals surface area contributed by atoms with Gasteiger partial charge in [-0.15, -0.1) is 11.8 Å². The topological polar surface area (TPSA) is 125 Å². The number of aliphatic carboxylic acids is 1. The fraction of sp³-hybridized carbons (Fsp3) is 0.333. The number of carboxylic acids is 1. The molecule has 2 atom stereocenters. The first kappa shape index (κ1) is 19.7. The van der Waals surface area contributed by atoms with E-state index in [0.717, 1.165) is 4.90 Å². The van der Waals surface area contributed by atoms with Gasteiger partial charge in [-0.25, -0.2) is 0 Å². The first-order valence-corrected chi connectivity index (χ1v) is 9.42. The number of amides is 2. The minimum atomic E-state index is -1.53. The lowest BCUT2D eigenvalue weighted by Gasteiger charge is -2.50. The van der Waals surface area contributed by atoms with E-state index in [1.54, 1.807) is 24.3 Å². The summed E-state index contributed by atoms with van der Waals surface area (Å²) in [4.78, 5) is 48.1. The van der Waals surface area contributed by atoms with E-state index in [1.807, 2.05) is 6.07 Å². The fourth-order valence-electron chi connectivity index (χ4n) is 2.85. The minimum Gasteiger partial charge on any atom is -0.543 e. The number of esters is 1. The number of rotatable bonds is 7. The van der Waals surface area contributed by atoms with Crippen molar-refractivity contribution in [1.82, 2.24) is 10.2 Å². The third kappa shape index (κ3) is 4.11. The van der Waals surface area contributed by atoms with Gasteiger partial charge in [-0.05, 0) is 12.1 Å². The zero-order valence-electron chi connectivity index (χ0n) is 14.9. The highest BCUT2D eigenvalue weighted by Gasteiger charge is 2.52. The Morgan fingerprint density at radius 1 is 1.29 bits per heavy atom. The van der Waals surface area contributed by atoms with E-state index in [4.69, 9.17) is 9.47 Å². The molecule has 1 aromatic rings. The van der Waals surface area contributed by atoms with Crippen molar-refractivity contribution in [3.8, 4) is 5.75 Å². The maximum Gasteiger partial charge on any atom is 0.302 e. The second-order valence-electron chi connectivity index (χ2n) is 6.08. The Labute approximate surface area is 164 Å². The lowest BCUT2D eigenvalue weighted by atomic mass is 10.0. The molecule has 0 radical (unpaired) electrons. The van der Waals surface area contributed by atoms with Crippen molar-refractivity contribution in [2.75, 3.05) is 19.0 Å². The summed E-state index contributed by atoms with van der Waals surface area (Å²) in [7, 11) is 0. The van der Waals surface area contributed by atoms with Crippen molar-refractivity contribution >= 4 is 35.5 Å². The molecular weight excluding hydrogens is 388 g/mol. The summed E-state index contributed by atoms with van der Waals surface area (Å²) in [6.45, 7) is 0.700. The van der Waals surface area contributed by atoms with Crippen LogP contribution in [0.1, 0.15) is 6.92 Å². The van der Waals surface area contributed by atoms with Gasteiger partial charge in [0.05, 0.1) is 11.7 Å². The molecule has 2 aliphatic rings. The highest BCUT2D eigenvalue weighted by molar-refractivity contribution is 8.00. The summed E-state index contributed by atoms with van der Waals surface area (Å²) in [5.74, 6) is -2.40. The van der Waals surface area contributed by atoms with Gasteiger partial charge in [0.15, 0.2) is 6.61 Å². The molecule has 1 aromatic carbocycles. The molecule has 0 bridgehead atoms. The van der Waals surface area contributed by atoms with Crippen LogP contribution in [0.25, 0.3) is 0 Å². The van der Waals surface area contributed by atoms with Crippen molar-refractivity contribution < 1.29 is 33.8 Å². The van der Waals surface area contributed by atoms with E-state index in [-0.39, 0.29) is 30.2 Å². The summed E-state index contributed by atoms with van der Waals surface area (Å²) in [5.41, 5.74) is -0.0250. The zero-order valence-corrected chi connectivity index (χ0v) is 15.7. The van der Waals surface area contributed by atoms with Crippen LogP contribution in [-0.4, -0.2) is 59.0 Å². The Morgan fingerprint density at radius 3 is 2.64 bits per heavy atom. The maximum atomic E-state index is 12.4. The number of nitrogens with one attached hydrogen (secondary N) is 1. The second-order valence-corrected chi connectivity index (χ2v) is 7.18. The van der Waals surface area contributed by atoms with Crippen LogP contribution >= 0.6 is 11.8 Å². The molecule has 2 amide bonds. The largest absolute Gasteiger partial charge is 0.543 e. The van der Waals surface area contributed by atoms with Crippen LogP contribution in [0, 0.1) is 0 Å². The smallest absolute Gasteiger partial charge is 0.302 e. The number of carboxylic acid groups (broad SMARTS) is 1. The van der Waals surface area contributed by atoms with Crippen LogP contribution in [0.4, 0.5) is 0 Å². The van der Waals surface area contributed by atoms with E-state index in [1.165, 1.54) is 18.7 Å². The third-order valence-electron chi connectivity index (χ3n) is 4.12. The minimum absolute atomic E-state index is 0.232. The highest BCUT2D eigenvalue weighted by Crippen LogP contribution is 2.40. The third-order valence-corrected chi connectivity index (χ3v) is 5.46. The lowest BCUT2D eigenvalue weighted by molar-refractivity contribution is -0.301. The van der Waals surface area contributed by atoms with Gasteiger partial charge in [0, 0.05) is 18.2 Å². The molecule has 9 nitrogen and oxygen atoms in total. The number of fused-ring (bicyclic) bond motifs is 1. The van der Waals surface area contributed by atoms with Crippen LogP contribution < -0.4 is 15.2 Å². The van der Waals surface area contributed by atoms with Crippen molar-refractivity contribution in [2.24, 2.45) is 0 Å². The van der Waals surface area contributed by atoms with E-state index in [0.29, 0.717) is 5.75 Å². The molecule has 1 saturated heterocycles. The number of carbonyl (C=O) groups excluding carboxylic acids is 4. The first-order chi connectivity index (χ1) is 13.4. The molecule has 10 heteroatoms. The van der Waals surface area contributed by atoms with Gasteiger partial charge >= 0.3 is 5.97 Å². The molecule has 0 aliphatic carbocycles. The van der Waals surface area contributed by atoms with Gasteiger partial charge in [0.25, 0.3) is 11.8 Å². The number of hydrogen-bond acceptors (Lipinski definition) is 8. The molecule has 0 saturated carbocycles. The fourth-order valence-corrected chi connectivity index (χ4v) is 4.18. The molecule has 0 unspecified atom stereocenters. The van der Waals surface area contributed by atoms with Crippen LogP contribution in [0.3, 0.4) is 0 Å². The molecule has 28 heavy (non-hydrogen) atoms. The average molecular weight is 405 g/mol. The number of thioether (sulfide) groups is 1. The van der Waals surface area contributed by atoms with Crippen LogP contribution in [0.2, 0.25) is 0 Å². The second kappa shape index (κ2) is 8.34. The molecule has 3 rings (SSSR count). The molecule has 148 valence electrons. The number of carbonyl (C=O) groups is 4. The quantitative estimate of drug-likeness (QED) is 0.454. The summed E-state index contributed by atoms with van der Waals surface area (Å²) in [6, 6.07) is 7.87. The maximum absolute atomic E-state index is 12.4. The van der Waals surface area contributed by atoms with Crippen molar-refractivity contribution in [2.45, 2.75) is 18.3 Å². The van der Waals surface area contributed by atoms with Gasteiger partial charge in [-0.3, -0.25) is 19.3 Å². The van der Waals surface area contributed by atoms with Gasteiger partial charge in [0.2, 0.25) is 0 Å². The molecule has 1 fully saturated rings. The van der Waals surface area contributed by atoms with Crippen LogP contribution in [0.15, 0.2) is 41.6 Å². The lowest BCUT2D eigenvalue weighted by Crippen LogP contribution is -2.71. The Kier molecular flexibility index (Phi) is 5.88. The molecule has 1 N–H and O–H groups in total. The van der Waals surface area contributed by atoms with E-state index in [9.17, 15) is 24.3 Å². The predicted molar refractivity (Wildman–Crippen MR) is 95.6 cm³/mol. The summed E-state index contributed by atoms with van der Waals surface area (Å²) in [5, 5.41) is 13.5. The molecule has 0 spiro atoms. The van der Waals surface area contributed by atoms with Gasteiger partial charge in [0.1, 0.15) is 23.8 Å². The number of para-hydroxylation sites is 1. The van der Waals surface area contributed by atoms with Gasteiger partial charge in [-0.2, -0.15) is 0 Å². The highest BCUT2D eigenvalue weighted by atomic mass is 32.2. The Morgan fingerprint density at radius 2 is 2.00 bits per heavy atom. The number of benzene rings is 1. The number of nitrogens with zero attached hydrogens (tertiary/aromatic N) is 1. The Balaban J connectivity index is 1.62. The van der Waals surface area contributed by atoms with E-state index in [2.05, 4.69) is 5.32 Å². The summed E-state index contributed by atoms with van der Waals surface area (Å²) >= 11 is 1.27. The van der Waals surface area contributed by atoms with Gasteiger partial charge in [-0.1, -0.05) is 18.2 Å². The normalized spacial score (nSPS) is 20.8. The molecular formula is C18H17N2O7S-. The number of ether oxygens (including phenoxy) is 2. The Bertz CT molecular complexity index is 840. The first-order valence-electron chi connectivity index (χ1n) is 8.37. The van der Waals surface area contributed by atoms with E-state index < -0.39 is 35.2 Å². The average Bonchev–Trinajstić information content (AvgIpc) is 2.68. The number of hydrogen-bond donors (Lipinski definition) is 1. The molecule has 2 heterocycles.